The van der Waals surface area contributed by atoms with E-state index in [0.29, 0.717) is 48.8 Å². The first-order valence-electron chi connectivity index (χ1n) is 8.12. The highest BCUT2D eigenvalue weighted by Gasteiger charge is 2.07. The second-order valence-corrected chi connectivity index (χ2v) is 6.09. The summed E-state index contributed by atoms with van der Waals surface area (Å²) in [5.74, 6) is 2.19. The van der Waals surface area contributed by atoms with Gasteiger partial charge in [0.1, 0.15) is 30.5 Å². The molecule has 0 radical (unpaired) electrons. The third-order valence-corrected chi connectivity index (χ3v) is 3.78. The van der Waals surface area contributed by atoms with Gasteiger partial charge in [0.05, 0.1) is 24.8 Å². The maximum Gasteiger partial charge on any atom is 0.141 e. The van der Waals surface area contributed by atoms with Crippen LogP contribution in [0.3, 0.4) is 0 Å². The molecule has 0 aliphatic rings. The summed E-state index contributed by atoms with van der Waals surface area (Å²) in [6.45, 7) is 6.25. The van der Waals surface area contributed by atoms with E-state index in [9.17, 15) is 0 Å². The molecule has 0 unspecified atom stereocenters. The third-order valence-electron chi connectivity index (χ3n) is 3.28. The summed E-state index contributed by atoms with van der Waals surface area (Å²) in [6, 6.07) is 11.0. The summed E-state index contributed by atoms with van der Waals surface area (Å²) in [5, 5.41) is 1.10. The number of halogens is 2. The Hall–Kier alpha value is -1.62. The minimum atomic E-state index is 0.405. The monoisotopic (exact) mass is 384 g/mol. The molecule has 0 fully saturated rings. The lowest BCUT2D eigenvalue weighted by molar-refractivity contribution is 0.0762. The van der Waals surface area contributed by atoms with Crippen LogP contribution in [0.15, 0.2) is 36.4 Å². The normalized spacial score (nSPS) is 10.6. The Labute approximate surface area is 158 Å². The van der Waals surface area contributed by atoms with E-state index in [0.717, 1.165) is 17.1 Å². The van der Waals surface area contributed by atoms with Gasteiger partial charge in [-0.1, -0.05) is 29.3 Å². The van der Waals surface area contributed by atoms with Crippen LogP contribution in [-0.4, -0.2) is 33.0 Å². The van der Waals surface area contributed by atoms with Gasteiger partial charge in [0.2, 0.25) is 0 Å². The zero-order valence-electron chi connectivity index (χ0n) is 14.4. The molecular weight excluding hydrogens is 363 g/mol. The first kappa shape index (κ1) is 19.7. The van der Waals surface area contributed by atoms with Crippen LogP contribution in [0.5, 0.6) is 17.2 Å². The molecule has 0 aliphatic carbocycles. The van der Waals surface area contributed by atoms with Crippen molar-refractivity contribution in [3.05, 3.63) is 52.0 Å². The Balaban J connectivity index is 1.63. The zero-order valence-corrected chi connectivity index (χ0v) is 15.9. The fraction of sp³-hybridized carbons (Fsp3) is 0.368. The van der Waals surface area contributed by atoms with E-state index in [4.69, 9.17) is 42.1 Å². The van der Waals surface area contributed by atoms with Crippen LogP contribution in [0.25, 0.3) is 0 Å². The quantitative estimate of drug-likeness (QED) is 0.529. The Morgan fingerprint density at radius 3 is 2.20 bits per heavy atom. The van der Waals surface area contributed by atoms with Crippen LogP contribution < -0.4 is 14.2 Å². The number of ether oxygens (including phenoxy) is 4. The van der Waals surface area contributed by atoms with Crippen molar-refractivity contribution >= 4 is 23.2 Å². The molecule has 0 saturated carbocycles. The fourth-order valence-corrected chi connectivity index (χ4v) is 2.87. The first-order chi connectivity index (χ1) is 12.1. The molecule has 0 bridgehead atoms. The van der Waals surface area contributed by atoms with Gasteiger partial charge in [0.25, 0.3) is 0 Å². The number of benzene rings is 2. The molecule has 0 N–H and O–H groups in total. The lowest BCUT2D eigenvalue weighted by Gasteiger charge is -2.12. The highest BCUT2D eigenvalue weighted by molar-refractivity contribution is 6.35. The van der Waals surface area contributed by atoms with E-state index in [1.807, 2.05) is 44.2 Å². The van der Waals surface area contributed by atoms with E-state index in [1.54, 1.807) is 6.07 Å². The number of hydrogen-bond acceptors (Lipinski definition) is 4. The van der Waals surface area contributed by atoms with Crippen LogP contribution >= 0.6 is 23.2 Å². The van der Waals surface area contributed by atoms with Gasteiger partial charge in [-0.25, -0.2) is 0 Å². The molecule has 6 heteroatoms. The van der Waals surface area contributed by atoms with Crippen LogP contribution in [0.4, 0.5) is 0 Å². The lowest BCUT2D eigenvalue weighted by Crippen LogP contribution is -2.12. The number of aryl methyl sites for hydroxylation is 1. The average Bonchev–Trinajstić information content (AvgIpc) is 2.56. The number of rotatable bonds is 10. The zero-order chi connectivity index (χ0) is 18.1. The van der Waals surface area contributed by atoms with Crippen molar-refractivity contribution in [3.8, 4) is 17.2 Å². The Bertz CT molecular complexity index is 653. The van der Waals surface area contributed by atoms with Crippen molar-refractivity contribution in [2.45, 2.75) is 13.8 Å². The maximum absolute atomic E-state index is 6.12. The highest BCUT2D eigenvalue weighted by atomic mass is 35.5. The van der Waals surface area contributed by atoms with Gasteiger partial charge in [-0.3, -0.25) is 0 Å². The number of hydrogen-bond donors (Lipinski definition) is 0. The van der Waals surface area contributed by atoms with Gasteiger partial charge >= 0.3 is 0 Å². The molecule has 0 saturated heterocycles. The van der Waals surface area contributed by atoms with E-state index < -0.39 is 0 Å². The van der Waals surface area contributed by atoms with Crippen LogP contribution in [0, 0.1) is 6.92 Å². The van der Waals surface area contributed by atoms with Crippen molar-refractivity contribution < 1.29 is 18.9 Å². The predicted molar refractivity (Wildman–Crippen MR) is 101 cm³/mol. The minimum absolute atomic E-state index is 0.405. The third kappa shape index (κ3) is 6.65. The second kappa shape index (κ2) is 10.4. The molecular formula is C19H22Cl2O4. The largest absolute Gasteiger partial charge is 0.494 e. The molecule has 0 aliphatic heterocycles. The van der Waals surface area contributed by atoms with Gasteiger partial charge in [0.15, 0.2) is 0 Å². The summed E-state index contributed by atoms with van der Waals surface area (Å²) in [4.78, 5) is 0. The van der Waals surface area contributed by atoms with Crippen molar-refractivity contribution in [2.24, 2.45) is 0 Å². The Kier molecular flexibility index (Phi) is 8.19. The summed E-state index contributed by atoms with van der Waals surface area (Å²) in [5.41, 5.74) is 0.898. The van der Waals surface area contributed by atoms with Crippen molar-refractivity contribution in [1.29, 1.82) is 0 Å². The molecule has 25 heavy (non-hydrogen) atoms. The maximum atomic E-state index is 6.12. The molecule has 2 aromatic carbocycles. The van der Waals surface area contributed by atoms with Crippen LogP contribution in [-0.2, 0) is 4.74 Å². The highest BCUT2D eigenvalue weighted by Crippen LogP contribution is 2.31. The van der Waals surface area contributed by atoms with Crippen molar-refractivity contribution in [2.75, 3.05) is 33.0 Å². The molecule has 0 amide bonds. The van der Waals surface area contributed by atoms with Crippen LogP contribution in [0.2, 0.25) is 10.0 Å². The van der Waals surface area contributed by atoms with Crippen molar-refractivity contribution in [1.82, 2.24) is 0 Å². The Morgan fingerprint density at radius 1 is 0.840 bits per heavy atom. The molecule has 2 aromatic rings. The summed E-state index contributed by atoms with van der Waals surface area (Å²) < 4.78 is 22.2. The topological polar surface area (TPSA) is 36.9 Å². The summed E-state index contributed by atoms with van der Waals surface area (Å²) in [6.07, 6.45) is 0. The fourth-order valence-electron chi connectivity index (χ4n) is 2.22. The van der Waals surface area contributed by atoms with Gasteiger partial charge in [0, 0.05) is 11.1 Å². The molecule has 0 aromatic heterocycles. The van der Waals surface area contributed by atoms with Gasteiger partial charge < -0.3 is 18.9 Å². The van der Waals surface area contributed by atoms with E-state index >= 15 is 0 Å². The van der Waals surface area contributed by atoms with Gasteiger partial charge in [-0.05, 0) is 43.7 Å². The minimum Gasteiger partial charge on any atom is -0.494 e. The van der Waals surface area contributed by atoms with Crippen molar-refractivity contribution in [3.63, 3.8) is 0 Å². The standard InChI is InChI=1S/C19H22Cl2O4/c1-3-23-16-5-4-6-17(13-16)24-9-7-22-8-10-25-19-14(2)11-15(20)12-18(19)21/h4-6,11-13H,3,7-10H2,1-2H3. The molecule has 2 rings (SSSR count). The van der Waals surface area contributed by atoms with E-state index in [-0.39, 0.29) is 0 Å². The molecule has 0 spiro atoms. The second-order valence-electron chi connectivity index (χ2n) is 5.25. The molecule has 136 valence electrons. The summed E-state index contributed by atoms with van der Waals surface area (Å²) in [7, 11) is 0. The smallest absolute Gasteiger partial charge is 0.141 e. The first-order valence-corrected chi connectivity index (χ1v) is 8.87. The summed E-state index contributed by atoms with van der Waals surface area (Å²) >= 11 is 12.1. The van der Waals surface area contributed by atoms with Crippen LogP contribution in [0.1, 0.15) is 12.5 Å². The molecule has 4 nitrogen and oxygen atoms in total. The Morgan fingerprint density at radius 2 is 1.52 bits per heavy atom. The average molecular weight is 385 g/mol. The van der Waals surface area contributed by atoms with E-state index in [2.05, 4.69) is 0 Å². The van der Waals surface area contributed by atoms with E-state index in [1.165, 1.54) is 0 Å². The SMILES string of the molecule is CCOc1cccc(OCCOCCOc2c(C)cc(Cl)cc2Cl)c1. The molecule has 0 heterocycles. The lowest BCUT2D eigenvalue weighted by atomic mass is 10.2. The van der Waals surface area contributed by atoms with Gasteiger partial charge in [-0.2, -0.15) is 0 Å². The van der Waals surface area contributed by atoms with Gasteiger partial charge in [-0.15, -0.1) is 0 Å². The predicted octanol–water partition coefficient (Wildman–Crippen LogP) is 5.17. The molecule has 0 atom stereocenters.